The molecule has 1 aromatic carbocycles. The van der Waals surface area contributed by atoms with Crippen molar-refractivity contribution in [1.82, 2.24) is 4.90 Å². The van der Waals surface area contributed by atoms with Crippen molar-refractivity contribution in [1.29, 1.82) is 0 Å². The number of hydrogen-bond acceptors (Lipinski definition) is 4. The van der Waals surface area contributed by atoms with Crippen molar-refractivity contribution in [2.75, 3.05) is 30.9 Å². The second-order valence-electron chi connectivity index (χ2n) is 7.59. The number of rotatable bonds is 9. The molecule has 0 radical (unpaired) electrons. The number of furan rings is 1. The van der Waals surface area contributed by atoms with Crippen molar-refractivity contribution in [3.63, 3.8) is 0 Å². The molecule has 1 N–H and O–H groups in total. The van der Waals surface area contributed by atoms with E-state index in [1.54, 1.807) is 17.0 Å². The lowest BCUT2D eigenvalue weighted by Crippen LogP contribution is -2.31. The van der Waals surface area contributed by atoms with E-state index in [1.807, 2.05) is 58.0 Å². The standard InChI is InChI=1S/C22H31N3O3/c1-6-11-25(22(27)20-8-7-12-28-20)15-17-14-18(9-10-19(17)24(4)5)23-21(26)13-16(2)3/h7-10,12,14,16H,6,11,13,15H2,1-5H3,(H,23,26). The van der Waals surface area contributed by atoms with E-state index < -0.39 is 0 Å². The Morgan fingerprint density at radius 1 is 1.18 bits per heavy atom. The topological polar surface area (TPSA) is 65.8 Å². The van der Waals surface area contributed by atoms with E-state index in [0.717, 1.165) is 23.4 Å². The molecule has 0 fully saturated rings. The number of amides is 2. The molecule has 2 aromatic rings. The molecular weight excluding hydrogens is 354 g/mol. The van der Waals surface area contributed by atoms with Crippen molar-refractivity contribution in [3.05, 3.63) is 47.9 Å². The zero-order chi connectivity index (χ0) is 20.7. The Balaban J connectivity index is 2.27. The summed E-state index contributed by atoms with van der Waals surface area (Å²) in [7, 11) is 3.93. The van der Waals surface area contributed by atoms with Crippen LogP contribution in [0.3, 0.4) is 0 Å². The summed E-state index contributed by atoms with van der Waals surface area (Å²) < 4.78 is 5.29. The molecule has 0 spiro atoms. The van der Waals surface area contributed by atoms with Gasteiger partial charge in [0.05, 0.1) is 6.26 Å². The van der Waals surface area contributed by atoms with Gasteiger partial charge in [0.15, 0.2) is 5.76 Å². The Morgan fingerprint density at radius 3 is 2.50 bits per heavy atom. The maximum atomic E-state index is 12.8. The molecule has 0 bridgehead atoms. The number of nitrogens with zero attached hydrogens (tertiary/aromatic N) is 2. The van der Waals surface area contributed by atoms with Gasteiger partial charge >= 0.3 is 0 Å². The van der Waals surface area contributed by atoms with Gasteiger partial charge < -0.3 is 19.5 Å². The summed E-state index contributed by atoms with van der Waals surface area (Å²) in [5.41, 5.74) is 2.73. The van der Waals surface area contributed by atoms with E-state index in [4.69, 9.17) is 4.42 Å². The maximum absolute atomic E-state index is 12.8. The molecule has 0 aliphatic rings. The summed E-state index contributed by atoms with van der Waals surface area (Å²) in [6, 6.07) is 9.22. The van der Waals surface area contributed by atoms with Crippen LogP contribution in [0.5, 0.6) is 0 Å². The minimum Gasteiger partial charge on any atom is -0.459 e. The summed E-state index contributed by atoms with van der Waals surface area (Å²) in [4.78, 5) is 28.7. The molecule has 6 nitrogen and oxygen atoms in total. The highest BCUT2D eigenvalue weighted by molar-refractivity contribution is 5.92. The minimum absolute atomic E-state index is 0.00405. The van der Waals surface area contributed by atoms with Crippen LogP contribution in [0.1, 0.15) is 49.7 Å². The van der Waals surface area contributed by atoms with Gasteiger partial charge in [-0.05, 0) is 48.2 Å². The lowest BCUT2D eigenvalue weighted by atomic mass is 10.1. The average molecular weight is 386 g/mol. The summed E-state index contributed by atoms with van der Waals surface area (Å²) >= 11 is 0. The van der Waals surface area contributed by atoms with Crippen LogP contribution in [0, 0.1) is 5.92 Å². The first kappa shape index (κ1) is 21.5. The largest absolute Gasteiger partial charge is 0.459 e. The highest BCUT2D eigenvalue weighted by Gasteiger charge is 2.20. The Morgan fingerprint density at radius 2 is 1.93 bits per heavy atom. The molecule has 2 rings (SSSR count). The lowest BCUT2D eigenvalue weighted by molar-refractivity contribution is -0.116. The van der Waals surface area contributed by atoms with Gasteiger partial charge in [0, 0.05) is 45.0 Å². The summed E-state index contributed by atoms with van der Waals surface area (Å²) in [5, 5.41) is 2.96. The fourth-order valence-electron chi connectivity index (χ4n) is 3.09. The van der Waals surface area contributed by atoms with Gasteiger partial charge in [-0.25, -0.2) is 0 Å². The fraction of sp³-hybridized carbons (Fsp3) is 0.455. The van der Waals surface area contributed by atoms with E-state index in [-0.39, 0.29) is 11.8 Å². The van der Waals surface area contributed by atoms with Crippen LogP contribution in [0.2, 0.25) is 0 Å². The van der Waals surface area contributed by atoms with Gasteiger partial charge in [-0.1, -0.05) is 20.8 Å². The predicted octanol–water partition coefficient (Wildman–Crippen LogP) is 4.38. The monoisotopic (exact) mass is 385 g/mol. The molecule has 0 aliphatic carbocycles. The number of benzene rings is 1. The molecule has 28 heavy (non-hydrogen) atoms. The Hall–Kier alpha value is -2.76. The highest BCUT2D eigenvalue weighted by atomic mass is 16.3. The SMILES string of the molecule is CCCN(Cc1cc(NC(=O)CC(C)C)ccc1N(C)C)C(=O)c1ccco1. The van der Waals surface area contributed by atoms with E-state index in [9.17, 15) is 9.59 Å². The van der Waals surface area contributed by atoms with Crippen LogP contribution in [0.25, 0.3) is 0 Å². The zero-order valence-corrected chi connectivity index (χ0v) is 17.5. The molecule has 0 saturated carbocycles. The third kappa shape index (κ3) is 5.87. The smallest absolute Gasteiger partial charge is 0.289 e. The fourth-order valence-corrected chi connectivity index (χ4v) is 3.09. The molecular formula is C22H31N3O3. The first-order valence-electron chi connectivity index (χ1n) is 9.74. The number of carbonyl (C=O) groups is 2. The van der Waals surface area contributed by atoms with Crippen molar-refractivity contribution >= 4 is 23.2 Å². The second kappa shape index (κ2) is 9.97. The van der Waals surface area contributed by atoms with Crippen molar-refractivity contribution in [2.24, 2.45) is 5.92 Å². The molecule has 2 amide bonds. The third-order valence-electron chi connectivity index (χ3n) is 4.31. The molecule has 0 aliphatic heterocycles. The molecule has 1 aromatic heterocycles. The maximum Gasteiger partial charge on any atom is 0.289 e. The van der Waals surface area contributed by atoms with Crippen LogP contribution >= 0.6 is 0 Å². The van der Waals surface area contributed by atoms with E-state index in [0.29, 0.717) is 31.2 Å². The van der Waals surface area contributed by atoms with E-state index in [2.05, 4.69) is 5.32 Å². The predicted molar refractivity (Wildman–Crippen MR) is 113 cm³/mol. The Bertz CT molecular complexity index is 782. The molecule has 6 heteroatoms. The van der Waals surface area contributed by atoms with Gasteiger partial charge in [-0.3, -0.25) is 9.59 Å². The van der Waals surface area contributed by atoms with E-state index >= 15 is 0 Å². The number of hydrogen-bond donors (Lipinski definition) is 1. The van der Waals surface area contributed by atoms with Gasteiger partial charge in [-0.2, -0.15) is 0 Å². The first-order chi connectivity index (χ1) is 13.3. The summed E-state index contributed by atoms with van der Waals surface area (Å²) in [6.07, 6.45) is 2.83. The van der Waals surface area contributed by atoms with Crippen LogP contribution in [-0.2, 0) is 11.3 Å². The van der Waals surface area contributed by atoms with Crippen molar-refractivity contribution in [3.8, 4) is 0 Å². The third-order valence-corrected chi connectivity index (χ3v) is 4.31. The van der Waals surface area contributed by atoms with Crippen molar-refractivity contribution in [2.45, 2.75) is 40.2 Å². The highest BCUT2D eigenvalue weighted by Crippen LogP contribution is 2.25. The quantitative estimate of drug-likeness (QED) is 0.695. The Labute approximate surface area is 167 Å². The summed E-state index contributed by atoms with van der Waals surface area (Å²) in [5.74, 6) is 0.495. The summed E-state index contributed by atoms with van der Waals surface area (Å²) in [6.45, 7) is 7.13. The lowest BCUT2D eigenvalue weighted by Gasteiger charge is -2.25. The molecule has 0 unspecified atom stereocenters. The van der Waals surface area contributed by atoms with Crippen LogP contribution in [0.15, 0.2) is 41.0 Å². The van der Waals surface area contributed by atoms with Crippen molar-refractivity contribution < 1.29 is 14.0 Å². The van der Waals surface area contributed by atoms with Crippen LogP contribution < -0.4 is 10.2 Å². The van der Waals surface area contributed by atoms with Gasteiger partial charge in [0.1, 0.15) is 0 Å². The Kier molecular flexibility index (Phi) is 7.67. The molecule has 152 valence electrons. The second-order valence-corrected chi connectivity index (χ2v) is 7.59. The normalized spacial score (nSPS) is 10.8. The zero-order valence-electron chi connectivity index (χ0n) is 17.5. The first-order valence-corrected chi connectivity index (χ1v) is 9.74. The number of anilines is 2. The van der Waals surface area contributed by atoms with Crippen LogP contribution in [-0.4, -0.2) is 37.4 Å². The van der Waals surface area contributed by atoms with E-state index in [1.165, 1.54) is 6.26 Å². The molecule has 0 saturated heterocycles. The molecule has 0 atom stereocenters. The number of carbonyl (C=O) groups excluding carboxylic acids is 2. The van der Waals surface area contributed by atoms with Gasteiger partial charge in [-0.15, -0.1) is 0 Å². The van der Waals surface area contributed by atoms with Crippen LogP contribution in [0.4, 0.5) is 11.4 Å². The van der Waals surface area contributed by atoms with Gasteiger partial charge in [0.25, 0.3) is 5.91 Å². The minimum atomic E-state index is -0.134. The average Bonchev–Trinajstić information content (AvgIpc) is 3.14. The number of nitrogens with one attached hydrogen (secondary N) is 1. The van der Waals surface area contributed by atoms with Gasteiger partial charge in [0.2, 0.25) is 5.91 Å². The molecule has 1 heterocycles.